The van der Waals surface area contributed by atoms with Gasteiger partial charge in [0.1, 0.15) is 12.0 Å². The van der Waals surface area contributed by atoms with Crippen LogP contribution >= 0.6 is 0 Å². The van der Waals surface area contributed by atoms with E-state index in [1.165, 1.54) is 13.8 Å². The number of nitrogens with one attached hydrogen (secondary N) is 1. The Morgan fingerprint density at radius 1 is 1.33 bits per heavy atom. The van der Waals surface area contributed by atoms with E-state index in [1.807, 2.05) is 0 Å². The van der Waals surface area contributed by atoms with Gasteiger partial charge in [-0.2, -0.15) is 0 Å². The Labute approximate surface area is 86.9 Å². The molecule has 1 aliphatic rings. The SMILES string of the molecule is CC(=O)O[C@@H](C)[C@@H]1C(=O)N[C@@H]1OC(C)=O. The third-order valence-corrected chi connectivity index (χ3v) is 2.06. The quantitative estimate of drug-likeness (QED) is 0.510. The summed E-state index contributed by atoms with van der Waals surface area (Å²) in [7, 11) is 0. The number of rotatable bonds is 3. The largest absolute Gasteiger partial charge is 0.462 e. The van der Waals surface area contributed by atoms with Gasteiger partial charge in [0.05, 0.1) is 0 Å². The Hall–Kier alpha value is -1.59. The standard InChI is InChI=1S/C9H13NO5/c1-4(14-5(2)11)7-8(13)10-9(7)15-6(3)12/h4,7,9H,1-3H3,(H,10,13)/t4-,7+,9+/m0/s1. The van der Waals surface area contributed by atoms with Crippen molar-refractivity contribution in [3.8, 4) is 0 Å². The maximum Gasteiger partial charge on any atom is 0.304 e. The zero-order valence-electron chi connectivity index (χ0n) is 8.77. The van der Waals surface area contributed by atoms with Gasteiger partial charge in [0.2, 0.25) is 5.91 Å². The molecule has 1 fully saturated rings. The van der Waals surface area contributed by atoms with Crippen molar-refractivity contribution in [2.24, 2.45) is 5.92 Å². The van der Waals surface area contributed by atoms with Gasteiger partial charge < -0.3 is 14.8 Å². The van der Waals surface area contributed by atoms with Gasteiger partial charge in [0, 0.05) is 13.8 Å². The van der Waals surface area contributed by atoms with E-state index < -0.39 is 30.2 Å². The molecule has 3 atom stereocenters. The molecule has 6 heteroatoms. The summed E-state index contributed by atoms with van der Waals surface area (Å²) in [4.78, 5) is 32.5. The zero-order chi connectivity index (χ0) is 11.6. The summed E-state index contributed by atoms with van der Waals surface area (Å²) in [5, 5.41) is 2.41. The van der Waals surface area contributed by atoms with Crippen LogP contribution in [-0.2, 0) is 23.9 Å². The number of ether oxygens (including phenoxy) is 2. The lowest BCUT2D eigenvalue weighted by Crippen LogP contribution is -2.63. The first-order chi connectivity index (χ1) is 6.91. The van der Waals surface area contributed by atoms with Crippen LogP contribution in [0, 0.1) is 5.92 Å². The van der Waals surface area contributed by atoms with Gasteiger partial charge >= 0.3 is 11.9 Å². The van der Waals surface area contributed by atoms with Crippen LogP contribution in [0.1, 0.15) is 20.8 Å². The molecule has 0 radical (unpaired) electrons. The second-order valence-electron chi connectivity index (χ2n) is 3.38. The van der Waals surface area contributed by atoms with Gasteiger partial charge in [-0.25, -0.2) is 0 Å². The fraction of sp³-hybridized carbons (Fsp3) is 0.667. The number of hydrogen-bond acceptors (Lipinski definition) is 5. The first kappa shape index (κ1) is 11.5. The predicted octanol–water partition coefficient (Wildman–Crippen LogP) is -0.427. The van der Waals surface area contributed by atoms with Crippen LogP contribution < -0.4 is 5.32 Å². The molecule has 15 heavy (non-hydrogen) atoms. The summed E-state index contributed by atoms with van der Waals surface area (Å²) in [6.07, 6.45) is -1.29. The first-order valence-corrected chi connectivity index (χ1v) is 4.56. The molecule has 1 heterocycles. The molecule has 0 aliphatic carbocycles. The van der Waals surface area contributed by atoms with E-state index in [0.29, 0.717) is 0 Å². The number of β-lactam (4-membered cyclic amide) rings is 1. The van der Waals surface area contributed by atoms with Crippen LogP contribution in [0.25, 0.3) is 0 Å². The number of hydrogen-bond donors (Lipinski definition) is 1. The Morgan fingerprint density at radius 2 is 1.93 bits per heavy atom. The van der Waals surface area contributed by atoms with Gasteiger partial charge in [0.25, 0.3) is 0 Å². The van der Waals surface area contributed by atoms with E-state index in [0.717, 1.165) is 0 Å². The summed E-state index contributed by atoms with van der Waals surface area (Å²) < 4.78 is 9.66. The summed E-state index contributed by atoms with van der Waals surface area (Å²) in [5.41, 5.74) is 0. The fourth-order valence-corrected chi connectivity index (χ4v) is 1.44. The van der Waals surface area contributed by atoms with Crippen LogP contribution in [0.2, 0.25) is 0 Å². The van der Waals surface area contributed by atoms with Crippen LogP contribution in [-0.4, -0.2) is 30.2 Å². The molecular weight excluding hydrogens is 202 g/mol. The van der Waals surface area contributed by atoms with E-state index in [4.69, 9.17) is 9.47 Å². The summed E-state index contributed by atoms with van der Waals surface area (Å²) in [6, 6.07) is 0. The van der Waals surface area contributed by atoms with Crippen molar-refractivity contribution in [2.75, 3.05) is 0 Å². The highest BCUT2D eigenvalue weighted by molar-refractivity contribution is 5.87. The average molecular weight is 215 g/mol. The van der Waals surface area contributed by atoms with Crippen molar-refractivity contribution in [3.63, 3.8) is 0 Å². The molecule has 0 aromatic rings. The van der Waals surface area contributed by atoms with E-state index in [2.05, 4.69) is 5.32 Å². The second-order valence-corrected chi connectivity index (χ2v) is 3.38. The van der Waals surface area contributed by atoms with Crippen molar-refractivity contribution in [3.05, 3.63) is 0 Å². The van der Waals surface area contributed by atoms with Gasteiger partial charge in [-0.3, -0.25) is 14.4 Å². The third-order valence-electron chi connectivity index (χ3n) is 2.06. The van der Waals surface area contributed by atoms with Gasteiger partial charge in [0.15, 0.2) is 6.23 Å². The second kappa shape index (κ2) is 4.29. The van der Waals surface area contributed by atoms with Gasteiger partial charge in [-0.05, 0) is 6.92 Å². The number of amides is 1. The predicted molar refractivity (Wildman–Crippen MR) is 48.4 cm³/mol. The van der Waals surface area contributed by atoms with Crippen LogP contribution in [0.4, 0.5) is 0 Å². The topological polar surface area (TPSA) is 81.7 Å². The molecule has 6 nitrogen and oxygen atoms in total. The van der Waals surface area contributed by atoms with Crippen LogP contribution in [0.15, 0.2) is 0 Å². The molecule has 0 bridgehead atoms. The Balaban J connectivity index is 2.54. The van der Waals surface area contributed by atoms with E-state index >= 15 is 0 Å². The molecule has 1 amide bonds. The number of carbonyl (C=O) groups excluding carboxylic acids is 3. The minimum Gasteiger partial charge on any atom is -0.462 e. The maximum atomic E-state index is 11.2. The highest BCUT2D eigenvalue weighted by Crippen LogP contribution is 2.22. The minimum atomic E-state index is -0.690. The van der Waals surface area contributed by atoms with Crippen molar-refractivity contribution in [1.82, 2.24) is 5.32 Å². The zero-order valence-corrected chi connectivity index (χ0v) is 8.77. The summed E-state index contributed by atoms with van der Waals surface area (Å²) >= 11 is 0. The maximum absolute atomic E-state index is 11.2. The number of carbonyl (C=O) groups is 3. The van der Waals surface area contributed by atoms with E-state index in [9.17, 15) is 14.4 Å². The molecule has 0 unspecified atom stereocenters. The van der Waals surface area contributed by atoms with Crippen molar-refractivity contribution >= 4 is 17.8 Å². The molecule has 1 N–H and O–H groups in total. The summed E-state index contributed by atoms with van der Waals surface area (Å²) in [6.45, 7) is 4.09. The van der Waals surface area contributed by atoms with E-state index in [1.54, 1.807) is 6.92 Å². The lowest BCUT2D eigenvalue weighted by molar-refractivity contribution is -0.178. The molecule has 1 aliphatic heterocycles. The molecule has 0 saturated carbocycles. The number of esters is 2. The van der Waals surface area contributed by atoms with Crippen LogP contribution in [0.5, 0.6) is 0 Å². The Morgan fingerprint density at radius 3 is 2.33 bits per heavy atom. The minimum absolute atomic E-state index is 0.282. The fourth-order valence-electron chi connectivity index (χ4n) is 1.44. The first-order valence-electron chi connectivity index (χ1n) is 4.56. The molecule has 1 rings (SSSR count). The smallest absolute Gasteiger partial charge is 0.304 e. The van der Waals surface area contributed by atoms with Crippen molar-refractivity contribution < 1.29 is 23.9 Å². The lowest BCUT2D eigenvalue weighted by Gasteiger charge is -2.38. The monoisotopic (exact) mass is 215 g/mol. The lowest BCUT2D eigenvalue weighted by atomic mass is 9.93. The van der Waals surface area contributed by atoms with E-state index in [-0.39, 0.29) is 5.91 Å². The normalized spacial score (nSPS) is 25.9. The molecule has 0 aromatic carbocycles. The Bertz CT molecular complexity index is 283. The Kier molecular flexibility index (Phi) is 3.28. The van der Waals surface area contributed by atoms with Gasteiger partial charge in [-0.15, -0.1) is 0 Å². The molecule has 0 aromatic heterocycles. The van der Waals surface area contributed by atoms with Gasteiger partial charge in [-0.1, -0.05) is 0 Å². The molecule has 0 spiro atoms. The van der Waals surface area contributed by atoms with Crippen molar-refractivity contribution in [1.29, 1.82) is 0 Å². The third kappa shape index (κ3) is 2.68. The average Bonchev–Trinajstić information content (AvgIpc) is 1.99. The highest BCUT2D eigenvalue weighted by atomic mass is 16.6. The molecule has 1 saturated heterocycles. The molecule has 84 valence electrons. The highest BCUT2D eigenvalue weighted by Gasteiger charge is 2.46. The van der Waals surface area contributed by atoms with Crippen molar-refractivity contribution in [2.45, 2.75) is 33.1 Å². The summed E-state index contributed by atoms with van der Waals surface area (Å²) in [5.74, 6) is -1.85. The van der Waals surface area contributed by atoms with Crippen LogP contribution in [0.3, 0.4) is 0 Å². The molecular formula is C9H13NO5.